The van der Waals surface area contributed by atoms with Gasteiger partial charge in [0.25, 0.3) is 0 Å². The summed E-state index contributed by atoms with van der Waals surface area (Å²) >= 11 is 0. The molecule has 0 bridgehead atoms. The van der Waals surface area contributed by atoms with Crippen LogP contribution in [0.2, 0.25) is 0 Å². The topological polar surface area (TPSA) is 32.8 Å². The number of ether oxygens (including phenoxy) is 1. The highest BCUT2D eigenvalue weighted by Gasteiger charge is 2.23. The fraction of sp³-hybridized carbons (Fsp3) is 0.786. The number of carbonyl (C=O) groups excluding carboxylic acids is 1. The van der Waals surface area contributed by atoms with Gasteiger partial charge in [0.05, 0.1) is 13.2 Å². The van der Waals surface area contributed by atoms with Crippen molar-refractivity contribution in [2.24, 2.45) is 5.92 Å². The van der Waals surface area contributed by atoms with E-state index in [1.807, 2.05) is 17.9 Å². The lowest BCUT2D eigenvalue weighted by molar-refractivity contribution is -0.127. The van der Waals surface area contributed by atoms with Crippen molar-refractivity contribution in [2.75, 3.05) is 45.9 Å². The monoisotopic (exact) mass is 252 g/mol. The predicted molar refractivity (Wildman–Crippen MR) is 71.4 cm³/mol. The van der Waals surface area contributed by atoms with E-state index in [1.165, 1.54) is 6.54 Å². The zero-order valence-electron chi connectivity index (χ0n) is 11.3. The zero-order chi connectivity index (χ0) is 12.8. The number of allylic oxidation sites excluding steroid dienone is 1. The van der Waals surface area contributed by atoms with Gasteiger partial charge < -0.3 is 9.64 Å². The SMILES string of the molecule is CC=CC(=O)N1CCC(CN2CCOCC2)CC1. The quantitative estimate of drug-likeness (QED) is 0.706. The summed E-state index contributed by atoms with van der Waals surface area (Å²) in [5, 5.41) is 0. The third-order valence-corrected chi connectivity index (χ3v) is 3.86. The maximum Gasteiger partial charge on any atom is 0.246 e. The summed E-state index contributed by atoms with van der Waals surface area (Å²) < 4.78 is 5.36. The molecule has 0 aromatic heterocycles. The first kappa shape index (κ1) is 13.6. The molecule has 0 radical (unpaired) electrons. The summed E-state index contributed by atoms with van der Waals surface area (Å²) in [7, 11) is 0. The van der Waals surface area contributed by atoms with Gasteiger partial charge in [0.15, 0.2) is 0 Å². The molecule has 102 valence electrons. The predicted octanol–water partition coefficient (Wildman–Crippen LogP) is 1.13. The van der Waals surface area contributed by atoms with Crippen molar-refractivity contribution in [2.45, 2.75) is 19.8 Å². The molecule has 0 atom stereocenters. The number of rotatable bonds is 3. The van der Waals surface area contributed by atoms with E-state index in [1.54, 1.807) is 6.08 Å². The number of morpholine rings is 1. The molecule has 0 aromatic rings. The minimum absolute atomic E-state index is 0.169. The Balaban J connectivity index is 1.71. The summed E-state index contributed by atoms with van der Waals surface area (Å²) in [6.45, 7) is 8.78. The number of nitrogens with zero attached hydrogens (tertiary/aromatic N) is 2. The standard InChI is InChI=1S/C14H24N2O2/c1-2-3-14(17)16-6-4-13(5-7-16)12-15-8-10-18-11-9-15/h2-3,13H,4-12H2,1H3. The highest BCUT2D eigenvalue weighted by molar-refractivity contribution is 5.87. The Morgan fingerprint density at radius 1 is 1.22 bits per heavy atom. The smallest absolute Gasteiger partial charge is 0.246 e. The molecule has 18 heavy (non-hydrogen) atoms. The van der Waals surface area contributed by atoms with E-state index in [2.05, 4.69) is 4.90 Å². The van der Waals surface area contributed by atoms with Crippen LogP contribution in [-0.4, -0.2) is 61.6 Å². The third kappa shape index (κ3) is 3.82. The molecule has 1 amide bonds. The van der Waals surface area contributed by atoms with Crippen LogP contribution < -0.4 is 0 Å². The van der Waals surface area contributed by atoms with Crippen molar-refractivity contribution in [3.05, 3.63) is 12.2 Å². The Labute approximate surface area is 110 Å². The van der Waals surface area contributed by atoms with Crippen LogP contribution in [0.5, 0.6) is 0 Å². The van der Waals surface area contributed by atoms with Crippen molar-refractivity contribution < 1.29 is 9.53 Å². The fourth-order valence-electron chi connectivity index (χ4n) is 2.73. The van der Waals surface area contributed by atoms with Crippen LogP contribution >= 0.6 is 0 Å². The van der Waals surface area contributed by atoms with Gasteiger partial charge in [-0.15, -0.1) is 0 Å². The van der Waals surface area contributed by atoms with Gasteiger partial charge in [-0.2, -0.15) is 0 Å². The van der Waals surface area contributed by atoms with E-state index in [9.17, 15) is 4.79 Å². The van der Waals surface area contributed by atoms with E-state index in [4.69, 9.17) is 4.74 Å². The van der Waals surface area contributed by atoms with Crippen LogP contribution in [0.25, 0.3) is 0 Å². The summed E-state index contributed by atoms with van der Waals surface area (Å²) in [5.74, 6) is 0.917. The first-order valence-corrected chi connectivity index (χ1v) is 7.01. The van der Waals surface area contributed by atoms with Crippen LogP contribution in [0, 0.1) is 5.92 Å². The average Bonchev–Trinajstić information content (AvgIpc) is 2.41. The Morgan fingerprint density at radius 3 is 2.50 bits per heavy atom. The lowest BCUT2D eigenvalue weighted by Crippen LogP contribution is -2.43. The zero-order valence-corrected chi connectivity index (χ0v) is 11.3. The number of piperidine rings is 1. The first-order chi connectivity index (χ1) is 8.79. The normalized spacial score (nSPS) is 23.7. The van der Waals surface area contributed by atoms with Gasteiger partial charge in [-0.05, 0) is 31.8 Å². The summed E-state index contributed by atoms with van der Waals surface area (Å²) in [4.78, 5) is 16.2. The summed E-state index contributed by atoms with van der Waals surface area (Å²) in [6, 6.07) is 0. The molecule has 2 rings (SSSR count). The molecule has 0 spiro atoms. The molecule has 0 N–H and O–H groups in total. The second-order valence-corrected chi connectivity index (χ2v) is 5.18. The Morgan fingerprint density at radius 2 is 1.89 bits per heavy atom. The van der Waals surface area contributed by atoms with Gasteiger partial charge in [-0.1, -0.05) is 6.08 Å². The third-order valence-electron chi connectivity index (χ3n) is 3.86. The second-order valence-electron chi connectivity index (χ2n) is 5.18. The van der Waals surface area contributed by atoms with Crippen LogP contribution in [0.3, 0.4) is 0 Å². The van der Waals surface area contributed by atoms with E-state index in [0.29, 0.717) is 0 Å². The van der Waals surface area contributed by atoms with Crippen molar-refractivity contribution in [1.29, 1.82) is 0 Å². The van der Waals surface area contributed by atoms with Crippen molar-refractivity contribution in [3.63, 3.8) is 0 Å². The number of hydrogen-bond donors (Lipinski definition) is 0. The molecular weight excluding hydrogens is 228 g/mol. The van der Waals surface area contributed by atoms with Gasteiger partial charge in [0, 0.05) is 32.7 Å². The Kier molecular flexibility index (Phi) is 5.20. The van der Waals surface area contributed by atoms with Gasteiger partial charge in [-0.3, -0.25) is 9.69 Å². The molecule has 0 aromatic carbocycles. The number of likely N-dealkylation sites (tertiary alicyclic amines) is 1. The minimum atomic E-state index is 0.169. The molecule has 2 aliphatic rings. The van der Waals surface area contributed by atoms with Crippen LogP contribution in [0.1, 0.15) is 19.8 Å². The number of carbonyl (C=O) groups is 1. The molecule has 2 aliphatic heterocycles. The second kappa shape index (κ2) is 6.90. The molecule has 4 nitrogen and oxygen atoms in total. The summed E-state index contributed by atoms with van der Waals surface area (Å²) in [6.07, 6.45) is 5.77. The van der Waals surface area contributed by atoms with Crippen LogP contribution in [-0.2, 0) is 9.53 Å². The number of amides is 1. The molecule has 0 unspecified atom stereocenters. The molecule has 4 heteroatoms. The molecule has 0 aliphatic carbocycles. The van der Waals surface area contributed by atoms with Crippen molar-refractivity contribution in [3.8, 4) is 0 Å². The van der Waals surface area contributed by atoms with E-state index in [-0.39, 0.29) is 5.91 Å². The minimum Gasteiger partial charge on any atom is -0.379 e. The average molecular weight is 252 g/mol. The van der Waals surface area contributed by atoms with Crippen LogP contribution in [0.15, 0.2) is 12.2 Å². The molecule has 0 saturated carbocycles. The molecule has 2 saturated heterocycles. The highest BCUT2D eigenvalue weighted by atomic mass is 16.5. The first-order valence-electron chi connectivity index (χ1n) is 7.01. The lowest BCUT2D eigenvalue weighted by Gasteiger charge is -2.35. The van der Waals surface area contributed by atoms with Gasteiger partial charge in [0.1, 0.15) is 0 Å². The molecule has 2 heterocycles. The van der Waals surface area contributed by atoms with Crippen LogP contribution in [0.4, 0.5) is 0 Å². The van der Waals surface area contributed by atoms with E-state index in [0.717, 1.165) is 58.2 Å². The highest BCUT2D eigenvalue weighted by Crippen LogP contribution is 2.19. The number of hydrogen-bond acceptors (Lipinski definition) is 3. The fourth-order valence-corrected chi connectivity index (χ4v) is 2.73. The maximum absolute atomic E-state index is 11.7. The molecule has 2 fully saturated rings. The maximum atomic E-state index is 11.7. The molecular formula is C14H24N2O2. The van der Waals surface area contributed by atoms with Gasteiger partial charge in [0.2, 0.25) is 5.91 Å². The van der Waals surface area contributed by atoms with E-state index >= 15 is 0 Å². The largest absolute Gasteiger partial charge is 0.379 e. The van der Waals surface area contributed by atoms with Crippen molar-refractivity contribution >= 4 is 5.91 Å². The lowest BCUT2D eigenvalue weighted by atomic mass is 9.96. The summed E-state index contributed by atoms with van der Waals surface area (Å²) in [5.41, 5.74) is 0. The van der Waals surface area contributed by atoms with Gasteiger partial charge in [-0.25, -0.2) is 0 Å². The Hall–Kier alpha value is -0.870. The van der Waals surface area contributed by atoms with Crippen molar-refractivity contribution in [1.82, 2.24) is 9.80 Å². The van der Waals surface area contributed by atoms with E-state index < -0.39 is 0 Å². The van der Waals surface area contributed by atoms with Gasteiger partial charge >= 0.3 is 0 Å². The Bertz CT molecular complexity index is 290.